The molecule has 0 saturated heterocycles. The lowest BCUT2D eigenvalue weighted by Crippen LogP contribution is -2.35. The molecule has 3 nitrogen and oxygen atoms in total. The second kappa shape index (κ2) is 6.32. The van der Waals surface area contributed by atoms with Gasteiger partial charge in [0.1, 0.15) is 11.3 Å². The standard InChI is InChI=1S/C18H20N2O/c1-14-6-4-5-7-17(14)20-18(2,13-19)12-15-8-10-16(21-3)11-9-15/h4-11,20H,12H2,1-3H3. The van der Waals surface area contributed by atoms with Crippen molar-refractivity contribution in [2.24, 2.45) is 0 Å². The molecule has 21 heavy (non-hydrogen) atoms. The molecule has 0 aliphatic heterocycles. The Kier molecular flexibility index (Phi) is 4.49. The Balaban J connectivity index is 2.17. The van der Waals surface area contributed by atoms with Crippen LogP contribution in [0.15, 0.2) is 48.5 Å². The first-order valence-electron chi connectivity index (χ1n) is 6.94. The third kappa shape index (κ3) is 3.76. The number of methoxy groups -OCH3 is 1. The molecule has 0 heterocycles. The molecule has 0 aliphatic carbocycles. The third-order valence-corrected chi connectivity index (χ3v) is 3.52. The van der Waals surface area contributed by atoms with E-state index in [0.29, 0.717) is 6.42 Å². The summed E-state index contributed by atoms with van der Waals surface area (Å²) in [5.74, 6) is 0.823. The molecule has 1 atom stereocenters. The molecule has 1 N–H and O–H groups in total. The summed E-state index contributed by atoms with van der Waals surface area (Å²) in [5.41, 5.74) is 2.57. The summed E-state index contributed by atoms with van der Waals surface area (Å²) in [6, 6.07) is 18.2. The van der Waals surface area contributed by atoms with Crippen molar-refractivity contribution in [3.05, 3.63) is 59.7 Å². The molecule has 0 radical (unpaired) electrons. The fraction of sp³-hybridized carbons (Fsp3) is 0.278. The number of hydrogen-bond donors (Lipinski definition) is 1. The molecule has 0 aliphatic rings. The van der Waals surface area contributed by atoms with Crippen LogP contribution in [0.1, 0.15) is 18.1 Å². The van der Waals surface area contributed by atoms with Crippen LogP contribution in [-0.2, 0) is 6.42 Å². The SMILES string of the molecule is COc1ccc(CC(C)(C#N)Nc2ccccc2C)cc1. The van der Waals surface area contributed by atoms with Crippen LogP contribution < -0.4 is 10.1 Å². The van der Waals surface area contributed by atoms with E-state index in [1.165, 1.54) is 0 Å². The predicted molar refractivity (Wildman–Crippen MR) is 85.5 cm³/mol. The zero-order valence-electron chi connectivity index (χ0n) is 12.7. The molecule has 2 aromatic carbocycles. The Morgan fingerprint density at radius 1 is 1.14 bits per heavy atom. The van der Waals surface area contributed by atoms with Crippen LogP contribution >= 0.6 is 0 Å². The zero-order valence-corrected chi connectivity index (χ0v) is 12.7. The lowest BCUT2D eigenvalue weighted by Gasteiger charge is -2.25. The number of nitrogens with one attached hydrogen (secondary N) is 1. The summed E-state index contributed by atoms with van der Waals surface area (Å²) >= 11 is 0. The van der Waals surface area contributed by atoms with E-state index < -0.39 is 5.54 Å². The van der Waals surface area contributed by atoms with Gasteiger partial charge < -0.3 is 10.1 Å². The first-order valence-corrected chi connectivity index (χ1v) is 6.94. The zero-order chi connectivity index (χ0) is 15.3. The Morgan fingerprint density at radius 3 is 2.38 bits per heavy atom. The highest BCUT2D eigenvalue weighted by atomic mass is 16.5. The number of nitrogens with zero attached hydrogens (tertiary/aromatic N) is 1. The van der Waals surface area contributed by atoms with Gasteiger partial charge in [0, 0.05) is 12.1 Å². The summed E-state index contributed by atoms with van der Waals surface area (Å²) in [7, 11) is 1.65. The fourth-order valence-electron chi connectivity index (χ4n) is 2.27. The first kappa shape index (κ1) is 14.9. The number of anilines is 1. The van der Waals surface area contributed by atoms with Gasteiger partial charge in [0.15, 0.2) is 0 Å². The Hall–Kier alpha value is -2.47. The minimum atomic E-state index is -0.652. The van der Waals surface area contributed by atoms with Gasteiger partial charge in [-0.25, -0.2) is 0 Å². The maximum atomic E-state index is 9.56. The van der Waals surface area contributed by atoms with E-state index in [4.69, 9.17) is 4.74 Å². The Bertz CT molecular complexity index is 643. The van der Waals surface area contributed by atoms with Gasteiger partial charge in [-0.1, -0.05) is 30.3 Å². The molecule has 3 heteroatoms. The molecule has 0 spiro atoms. The second-order valence-corrected chi connectivity index (χ2v) is 5.41. The van der Waals surface area contributed by atoms with Crippen LogP contribution in [0.5, 0.6) is 5.75 Å². The quantitative estimate of drug-likeness (QED) is 0.902. The maximum absolute atomic E-state index is 9.56. The number of benzene rings is 2. The second-order valence-electron chi connectivity index (χ2n) is 5.41. The van der Waals surface area contributed by atoms with Gasteiger partial charge in [-0.3, -0.25) is 0 Å². The molecule has 2 aromatic rings. The summed E-state index contributed by atoms with van der Waals surface area (Å²) in [6.07, 6.45) is 0.627. The van der Waals surface area contributed by atoms with E-state index >= 15 is 0 Å². The number of aryl methyl sites for hydroxylation is 1. The number of para-hydroxylation sites is 1. The largest absolute Gasteiger partial charge is 0.497 e. The molecule has 0 amide bonds. The molecule has 2 rings (SSSR count). The van der Waals surface area contributed by atoms with Gasteiger partial charge in [-0.2, -0.15) is 5.26 Å². The molecule has 1 unspecified atom stereocenters. The van der Waals surface area contributed by atoms with Gasteiger partial charge >= 0.3 is 0 Å². The van der Waals surface area contributed by atoms with E-state index in [2.05, 4.69) is 11.4 Å². The van der Waals surface area contributed by atoms with Crippen LogP contribution in [0.25, 0.3) is 0 Å². The monoisotopic (exact) mass is 280 g/mol. The molecular formula is C18H20N2O. The lowest BCUT2D eigenvalue weighted by molar-refractivity contribution is 0.414. The molecule has 0 fully saturated rings. The highest BCUT2D eigenvalue weighted by molar-refractivity contribution is 5.54. The average Bonchev–Trinajstić information content (AvgIpc) is 2.50. The van der Waals surface area contributed by atoms with Crippen molar-refractivity contribution in [3.63, 3.8) is 0 Å². The van der Waals surface area contributed by atoms with Crippen molar-refractivity contribution in [1.82, 2.24) is 0 Å². The Labute approximate surface area is 126 Å². The van der Waals surface area contributed by atoms with Crippen LogP contribution in [-0.4, -0.2) is 12.6 Å². The maximum Gasteiger partial charge on any atom is 0.126 e. The molecule has 0 saturated carbocycles. The molecule has 108 valence electrons. The van der Waals surface area contributed by atoms with Gasteiger partial charge in [-0.15, -0.1) is 0 Å². The highest BCUT2D eigenvalue weighted by Gasteiger charge is 2.24. The van der Waals surface area contributed by atoms with Crippen LogP contribution in [0.3, 0.4) is 0 Å². The number of nitriles is 1. The fourth-order valence-corrected chi connectivity index (χ4v) is 2.27. The van der Waals surface area contributed by atoms with Crippen molar-refractivity contribution in [2.45, 2.75) is 25.8 Å². The van der Waals surface area contributed by atoms with Gasteiger partial charge in [0.2, 0.25) is 0 Å². The first-order chi connectivity index (χ1) is 10.1. The van der Waals surface area contributed by atoms with Crippen LogP contribution in [0.2, 0.25) is 0 Å². The van der Waals surface area contributed by atoms with E-state index in [1.54, 1.807) is 7.11 Å². The van der Waals surface area contributed by atoms with E-state index in [1.807, 2.05) is 62.4 Å². The van der Waals surface area contributed by atoms with Crippen molar-refractivity contribution in [2.75, 3.05) is 12.4 Å². The highest BCUT2D eigenvalue weighted by Crippen LogP contribution is 2.23. The summed E-state index contributed by atoms with van der Waals surface area (Å²) < 4.78 is 5.16. The number of ether oxygens (including phenoxy) is 1. The van der Waals surface area contributed by atoms with E-state index in [0.717, 1.165) is 22.6 Å². The van der Waals surface area contributed by atoms with Gasteiger partial charge in [0.25, 0.3) is 0 Å². The van der Waals surface area contributed by atoms with Crippen LogP contribution in [0, 0.1) is 18.3 Å². The smallest absolute Gasteiger partial charge is 0.126 e. The number of rotatable bonds is 5. The van der Waals surface area contributed by atoms with E-state index in [-0.39, 0.29) is 0 Å². The predicted octanol–water partition coefficient (Wildman–Crippen LogP) is 3.94. The van der Waals surface area contributed by atoms with Crippen molar-refractivity contribution in [1.29, 1.82) is 5.26 Å². The summed E-state index contributed by atoms with van der Waals surface area (Å²) in [4.78, 5) is 0. The van der Waals surface area contributed by atoms with Crippen LogP contribution in [0.4, 0.5) is 5.69 Å². The van der Waals surface area contributed by atoms with Crippen molar-refractivity contribution in [3.8, 4) is 11.8 Å². The van der Waals surface area contributed by atoms with Crippen molar-refractivity contribution >= 4 is 5.69 Å². The topological polar surface area (TPSA) is 45.0 Å². The normalized spacial score (nSPS) is 13.0. The minimum Gasteiger partial charge on any atom is -0.497 e. The Morgan fingerprint density at radius 2 is 1.81 bits per heavy atom. The molecule has 0 bridgehead atoms. The van der Waals surface area contributed by atoms with Crippen molar-refractivity contribution < 1.29 is 4.74 Å². The molecular weight excluding hydrogens is 260 g/mol. The summed E-state index contributed by atoms with van der Waals surface area (Å²) in [5, 5.41) is 12.9. The average molecular weight is 280 g/mol. The summed E-state index contributed by atoms with van der Waals surface area (Å²) in [6.45, 7) is 3.96. The van der Waals surface area contributed by atoms with E-state index in [9.17, 15) is 5.26 Å². The third-order valence-electron chi connectivity index (χ3n) is 3.52. The van der Waals surface area contributed by atoms with Gasteiger partial charge in [0.05, 0.1) is 13.2 Å². The number of hydrogen-bond acceptors (Lipinski definition) is 3. The minimum absolute atomic E-state index is 0.627. The lowest BCUT2D eigenvalue weighted by atomic mass is 9.93. The van der Waals surface area contributed by atoms with Gasteiger partial charge in [-0.05, 0) is 43.2 Å². The molecule has 0 aromatic heterocycles.